The molecular formula is C23H28FN5O2. The fourth-order valence-electron chi connectivity index (χ4n) is 4.02. The van der Waals surface area contributed by atoms with Gasteiger partial charge in [-0.2, -0.15) is 5.10 Å². The molecule has 31 heavy (non-hydrogen) atoms. The summed E-state index contributed by atoms with van der Waals surface area (Å²) in [6, 6.07) is 8.45. The summed E-state index contributed by atoms with van der Waals surface area (Å²) in [5.41, 5.74) is 2.79. The molecule has 164 valence electrons. The fraction of sp³-hybridized carbons (Fsp3) is 0.435. The quantitative estimate of drug-likeness (QED) is 0.656. The second-order valence-electron chi connectivity index (χ2n) is 8.15. The maximum atomic E-state index is 13.9. The van der Waals surface area contributed by atoms with Gasteiger partial charge in [0.2, 0.25) is 0 Å². The van der Waals surface area contributed by atoms with E-state index in [0.717, 1.165) is 29.7 Å². The van der Waals surface area contributed by atoms with Crippen molar-refractivity contribution in [3.63, 3.8) is 0 Å². The van der Waals surface area contributed by atoms with E-state index in [1.54, 1.807) is 12.3 Å². The molecule has 3 heterocycles. The van der Waals surface area contributed by atoms with Crippen molar-refractivity contribution >= 4 is 16.9 Å². The van der Waals surface area contributed by atoms with Crippen molar-refractivity contribution in [2.75, 3.05) is 32.8 Å². The number of nitrogens with one attached hydrogen (secondary N) is 1. The van der Waals surface area contributed by atoms with Gasteiger partial charge in [0.05, 0.1) is 36.7 Å². The van der Waals surface area contributed by atoms with Crippen molar-refractivity contribution in [3.8, 4) is 0 Å². The van der Waals surface area contributed by atoms with Crippen LogP contribution in [0, 0.1) is 12.7 Å². The number of benzene rings is 1. The van der Waals surface area contributed by atoms with E-state index in [1.807, 2.05) is 37.6 Å². The summed E-state index contributed by atoms with van der Waals surface area (Å²) in [7, 11) is 0. The van der Waals surface area contributed by atoms with E-state index in [-0.39, 0.29) is 23.8 Å². The Labute approximate surface area is 181 Å². The lowest BCUT2D eigenvalue weighted by Gasteiger charge is -2.35. The van der Waals surface area contributed by atoms with Gasteiger partial charge in [0.1, 0.15) is 5.82 Å². The molecule has 2 aromatic heterocycles. The largest absolute Gasteiger partial charge is 0.379 e. The highest BCUT2D eigenvalue weighted by Gasteiger charge is 2.24. The molecule has 1 atom stereocenters. The summed E-state index contributed by atoms with van der Waals surface area (Å²) in [6.07, 6.45) is 1.74. The highest BCUT2D eigenvalue weighted by molar-refractivity contribution is 5.98. The molecule has 0 bridgehead atoms. The van der Waals surface area contributed by atoms with E-state index < -0.39 is 0 Å². The fourth-order valence-corrected chi connectivity index (χ4v) is 4.02. The van der Waals surface area contributed by atoms with Gasteiger partial charge in [0, 0.05) is 31.1 Å². The molecule has 1 aliphatic rings. The molecule has 4 rings (SSSR count). The Morgan fingerprint density at radius 3 is 2.74 bits per heavy atom. The van der Waals surface area contributed by atoms with Gasteiger partial charge in [-0.25, -0.2) is 14.1 Å². The van der Waals surface area contributed by atoms with Crippen LogP contribution in [-0.4, -0.2) is 58.4 Å². The summed E-state index contributed by atoms with van der Waals surface area (Å²) in [4.78, 5) is 19.9. The number of nitrogens with zero attached hydrogens (tertiary/aromatic N) is 4. The zero-order valence-corrected chi connectivity index (χ0v) is 18.1. The third-order valence-electron chi connectivity index (χ3n) is 5.67. The minimum atomic E-state index is -0.283. The monoisotopic (exact) mass is 425 g/mol. The van der Waals surface area contributed by atoms with Crippen molar-refractivity contribution in [2.24, 2.45) is 0 Å². The van der Waals surface area contributed by atoms with Gasteiger partial charge in [0.15, 0.2) is 5.65 Å². The molecule has 3 aromatic rings. The molecule has 0 aliphatic carbocycles. The predicted molar refractivity (Wildman–Crippen MR) is 117 cm³/mol. The van der Waals surface area contributed by atoms with Gasteiger partial charge in [-0.3, -0.25) is 9.69 Å². The van der Waals surface area contributed by atoms with Crippen molar-refractivity contribution < 1.29 is 13.9 Å². The number of carbonyl (C=O) groups excluding carboxylic acids is 1. The Morgan fingerprint density at radius 2 is 2.03 bits per heavy atom. The Balaban J connectivity index is 1.55. The number of hydrogen-bond acceptors (Lipinski definition) is 5. The van der Waals surface area contributed by atoms with Crippen molar-refractivity contribution in [3.05, 3.63) is 59.2 Å². The number of morpholine rings is 1. The number of rotatable bonds is 6. The minimum Gasteiger partial charge on any atom is -0.379 e. The maximum absolute atomic E-state index is 13.9. The number of pyridine rings is 1. The number of aryl methyl sites for hydroxylation is 1. The van der Waals surface area contributed by atoms with Crippen LogP contribution >= 0.6 is 0 Å². The first-order valence-electron chi connectivity index (χ1n) is 10.6. The first-order valence-corrected chi connectivity index (χ1v) is 10.6. The van der Waals surface area contributed by atoms with E-state index in [2.05, 4.69) is 20.3 Å². The molecule has 7 nitrogen and oxygen atoms in total. The van der Waals surface area contributed by atoms with Gasteiger partial charge in [0.25, 0.3) is 5.91 Å². The zero-order valence-electron chi connectivity index (χ0n) is 18.1. The van der Waals surface area contributed by atoms with Crippen LogP contribution < -0.4 is 5.32 Å². The SMILES string of the molecule is Cc1nc2c(cnn2C(C)C)cc1C(=O)NCC(c1cccc(F)c1)N1CCOCC1. The Morgan fingerprint density at radius 1 is 1.26 bits per heavy atom. The first kappa shape index (κ1) is 21.4. The number of aromatic nitrogens is 3. The van der Waals surface area contributed by atoms with Gasteiger partial charge in [-0.15, -0.1) is 0 Å². The molecule has 0 saturated carbocycles. The molecular weight excluding hydrogens is 397 g/mol. The normalized spacial score (nSPS) is 16.0. The lowest BCUT2D eigenvalue weighted by atomic mass is 10.0. The molecule has 1 fully saturated rings. The van der Waals surface area contributed by atoms with Crippen LogP contribution in [-0.2, 0) is 4.74 Å². The number of halogens is 1. The second kappa shape index (κ2) is 9.11. The first-order chi connectivity index (χ1) is 14.9. The Kier molecular flexibility index (Phi) is 6.29. The van der Waals surface area contributed by atoms with Gasteiger partial charge < -0.3 is 10.1 Å². The van der Waals surface area contributed by atoms with Crippen molar-refractivity contribution in [1.29, 1.82) is 0 Å². The second-order valence-corrected chi connectivity index (χ2v) is 8.15. The summed E-state index contributed by atoms with van der Waals surface area (Å²) in [6.45, 7) is 9.00. The molecule has 1 N–H and O–H groups in total. The minimum absolute atomic E-state index is 0.135. The maximum Gasteiger partial charge on any atom is 0.253 e. The van der Waals surface area contributed by atoms with Gasteiger partial charge >= 0.3 is 0 Å². The summed E-state index contributed by atoms with van der Waals surface area (Å²) < 4.78 is 21.2. The van der Waals surface area contributed by atoms with Crippen molar-refractivity contribution in [2.45, 2.75) is 32.9 Å². The van der Waals surface area contributed by atoms with Crippen LogP contribution in [0.5, 0.6) is 0 Å². The molecule has 1 amide bonds. The number of carbonyl (C=O) groups is 1. The summed E-state index contributed by atoms with van der Waals surface area (Å²) in [5.74, 6) is -0.478. The molecule has 1 aromatic carbocycles. The van der Waals surface area contributed by atoms with Gasteiger partial charge in [-0.05, 0) is 44.5 Å². The Hall–Kier alpha value is -2.84. The van der Waals surface area contributed by atoms with E-state index >= 15 is 0 Å². The molecule has 1 unspecified atom stereocenters. The molecule has 0 radical (unpaired) electrons. The summed E-state index contributed by atoms with van der Waals surface area (Å²) >= 11 is 0. The van der Waals surface area contributed by atoms with E-state index in [9.17, 15) is 9.18 Å². The third kappa shape index (κ3) is 4.60. The number of ether oxygens (including phenoxy) is 1. The van der Waals surface area contributed by atoms with Crippen LogP contribution in [0.15, 0.2) is 36.5 Å². The van der Waals surface area contributed by atoms with Crippen LogP contribution in [0.3, 0.4) is 0 Å². The van der Waals surface area contributed by atoms with E-state index in [4.69, 9.17) is 4.74 Å². The number of fused-ring (bicyclic) bond motifs is 1. The molecule has 8 heteroatoms. The van der Waals surface area contributed by atoms with Crippen molar-refractivity contribution in [1.82, 2.24) is 25.0 Å². The lowest BCUT2D eigenvalue weighted by Crippen LogP contribution is -2.44. The highest BCUT2D eigenvalue weighted by Crippen LogP contribution is 2.23. The van der Waals surface area contributed by atoms with E-state index in [1.165, 1.54) is 12.1 Å². The third-order valence-corrected chi connectivity index (χ3v) is 5.67. The average molecular weight is 426 g/mol. The molecule has 1 aliphatic heterocycles. The van der Waals surface area contributed by atoms with Crippen LogP contribution in [0.2, 0.25) is 0 Å². The van der Waals surface area contributed by atoms with E-state index in [0.29, 0.717) is 31.0 Å². The number of amides is 1. The average Bonchev–Trinajstić information content (AvgIpc) is 3.17. The molecule has 1 saturated heterocycles. The molecule has 0 spiro atoms. The topological polar surface area (TPSA) is 72.3 Å². The van der Waals surface area contributed by atoms with Crippen LogP contribution in [0.25, 0.3) is 11.0 Å². The zero-order chi connectivity index (χ0) is 22.0. The van der Waals surface area contributed by atoms with Gasteiger partial charge in [-0.1, -0.05) is 12.1 Å². The number of hydrogen-bond donors (Lipinski definition) is 1. The Bertz CT molecular complexity index is 1080. The predicted octanol–water partition coefficient (Wildman–Crippen LogP) is 3.26. The van der Waals surface area contributed by atoms with Crippen LogP contribution in [0.1, 0.15) is 47.5 Å². The highest BCUT2D eigenvalue weighted by atomic mass is 19.1. The standard InChI is InChI=1S/C23H28FN5O2/c1-15(2)29-22-18(13-26-29)12-20(16(3)27-22)23(30)25-14-21(28-7-9-31-10-8-28)17-5-4-6-19(24)11-17/h4-6,11-13,15,21H,7-10,14H2,1-3H3,(H,25,30). The summed E-state index contributed by atoms with van der Waals surface area (Å²) in [5, 5.41) is 8.26. The van der Waals surface area contributed by atoms with Crippen LogP contribution in [0.4, 0.5) is 4.39 Å². The smallest absolute Gasteiger partial charge is 0.253 e. The lowest BCUT2D eigenvalue weighted by molar-refractivity contribution is 0.0162.